The van der Waals surface area contributed by atoms with Gasteiger partial charge < -0.3 is 9.74 Å². The van der Waals surface area contributed by atoms with Crippen LogP contribution in [0.2, 0.25) is 23.2 Å². The lowest BCUT2D eigenvalue weighted by Gasteiger charge is -2.38. The van der Waals surface area contributed by atoms with Crippen LogP contribution in [0.15, 0.2) is 24.3 Å². The van der Waals surface area contributed by atoms with Gasteiger partial charge in [0.2, 0.25) is 0 Å². The van der Waals surface area contributed by atoms with Crippen molar-refractivity contribution in [1.29, 1.82) is 0 Å². The lowest BCUT2D eigenvalue weighted by molar-refractivity contribution is 0.0944. The van der Waals surface area contributed by atoms with E-state index in [0.29, 0.717) is 10.6 Å². The summed E-state index contributed by atoms with van der Waals surface area (Å²) in [5.74, 6) is 0.123. The van der Waals surface area contributed by atoms with Gasteiger partial charge in [0, 0.05) is 17.1 Å². The monoisotopic (exact) mass is 339 g/mol. The molecule has 0 spiro atoms. The van der Waals surface area contributed by atoms with Crippen molar-refractivity contribution in [3.8, 4) is 0 Å². The SMILES string of the molecule is CC(C)(C)[Si](C)(C)O[C@@H]1CN[C@@H](C(=O)c2ccc(Cl)cc2)C1. The van der Waals surface area contributed by atoms with Gasteiger partial charge in [-0.1, -0.05) is 32.4 Å². The molecule has 1 heterocycles. The second-order valence-corrected chi connectivity index (χ2v) is 12.8. The molecule has 1 saturated heterocycles. The Hall–Kier alpha value is -0.683. The smallest absolute Gasteiger partial charge is 0.192 e. The fraction of sp³-hybridized carbons (Fsp3) is 0.588. The summed E-state index contributed by atoms with van der Waals surface area (Å²) in [4.78, 5) is 12.5. The summed E-state index contributed by atoms with van der Waals surface area (Å²) >= 11 is 5.87. The Labute approximate surface area is 139 Å². The molecule has 2 atom stereocenters. The molecule has 0 radical (unpaired) electrons. The number of halogens is 1. The second-order valence-electron chi connectivity index (χ2n) is 7.57. The molecule has 2 rings (SSSR count). The van der Waals surface area contributed by atoms with E-state index in [1.807, 2.05) is 0 Å². The zero-order chi connectivity index (χ0) is 16.5. The van der Waals surface area contributed by atoms with Gasteiger partial charge in [-0.3, -0.25) is 4.79 Å². The first-order valence-electron chi connectivity index (χ1n) is 7.81. The van der Waals surface area contributed by atoms with E-state index in [2.05, 4.69) is 39.2 Å². The number of hydrogen-bond donors (Lipinski definition) is 1. The van der Waals surface area contributed by atoms with E-state index >= 15 is 0 Å². The van der Waals surface area contributed by atoms with E-state index in [4.69, 9.17) is 16.0 Å². The van der Waals surface area contributed by atoms with Crippen LogP contribution in [0.25, 0.3) is 0 Å². The van der Waals surface area contributed by atoms with E-state index in [1.54, 1.807) is 24.3 Å². The summed E-state index contributed by atoms with van der Waals surface area (Å²) in [5.41, 5.74) is 0.704. The molecule has 0 bridgehead atoms. The summed E-state index contributed by atoms with van der Waals surface area (Å²) in [7, 11) is -1.79. The van der Waals surface area contributed by atoms with Gasteiger partial charge in [0.1, 0.15) is 0 Å². The number of carbonyl (C=O) groups excluding carboxylic acids is 1. The zero-order valence-electron chi connectivity index (χ0n) is 14.1. The number of nitrogens with one attached hydrogen (secondary N) is 1. The summed E-state index contributed by atoms with van der Waals surface area (Å²) in [6.07, 6.45) is 0.871. The Morgan fingerprint density at radius 3 is 2.41 bits per heavy atom. The molecule has 3 nitrogen and oxygen atoms in total. The lowest BCUT2D eigenvalue weighted by Crippen LogP contribution is -2.44. The van der Waals surface area contributed by atoms with Gasteiger partial charge in [-0.15, -0.1) is 0 Å². The fourth-order valence-electron chi connectivity index (χ4n) is 2.40. The predicted octanol–water partition coefficient (Wildman–Crippen LogP) is 4.28. The lowest BCUT2D eigenvalue weighted by atomic mass is 10.0. The third-order valence-corrected chi connectivity index (χ3v) is 9.59. The van der Waals surface area contributed by atoms with Crippen molar-refractivity contribution in [2.75, 3.05) is 6.54 Å². The third kappa shape index (κ3) is 3.99. The van der Waals surface area contributed by atoms with Gasteiger partial charge in [-0.25, -0.2) is 0 Å². The maximum absolute atomic E-state index is 12.5. The Morgan fingerprint density at radius 2 is 1.86 bits per heavy atom. The van der Waals surface area contributed by atoms with Crippen LogP contribution < -0.4 is 5.32 Å². The highest BCUT2D eigenvalue weighted by atomic mass is 35.5. The first kappa shape index (κ1) is 17.7. The van der Waals surface area contributed by atoms with Crippen LogP contribution in [0.5, 0.6) is 0 Å². The quantitative estimate of drug-likeness (QED) is 0.657. The van der Waals surface area contributed by atoms with E-state index < -0.39 is 8.32 Å². The number of hydrogen-bond acceptors (Lipinski definition) is 3. The first-order chi connectivity index (χ1) is 10.1. The van der Waals surface area contributed by atoms with Crippen molar-refractivity contribution < 1.29 is 9.22 Å². The highest BCUT2D eigenvalue weighted by Gasteiger charge is 2.41. The largest absolute Gasteiger partial charge is 0.413 e. The Kier molecular flexibility index (Phi) is 5.17. The van der Waals surface area contributed by atoms with Crippen molar-refractivity contribution in [3.05, 3.63) is 34.9 Å². The number of benzene rings is 1. The average Bonchev–Trinajstić information content (AvgIpc) is 2.85. The number of ketones is 1. The molecule has 1 aromatic carbocycles. The van der Waals surface area contributed by atoms with Crippen molar-refractivity contribution in [3.63, 3.8) is 0 Å². The Balaban J connectivity index is 1.98. The standard InChI is InChI=1S/C17H26ClNO2Si/c1-17(2,3)22(4,5)21-14-10-15(19-11-14)16(20)12-6-8-13(18)9-7-12/h6-9,14-15,19H,10-11H2,1-5H3/t14-,15+/m0/s1. The normalized spacial score (nSPS) is 22.8. The van der Waals surface area contributed by atoms with Gasteiger partial charge in [0.25, 0.3) is 0 Å². The van der Waals surface area contributed by atoms with E-state index in [-0.39, 0.29) is 23.0 Å². The van der Waals surface area contributed by atoms with E-state index in [9.17, 15) is 4.79 Å². The summed E-state index contributed by atoms with van der Waals surface area (Å²) in [6, 6.07) is 6.93. The van der Waals surface area contributed by atoms with Crippen molar-refractivity contribution in [2.45, 2.75) is 57.5 Å². The number of rotatable bonds is 4. The fourth-order valence-corrected chi connectivity index (χ4v) is 3.89. The maximum atomic E-state index is 12.5. The second kappa shape index (κ2) is 6.44. The van der Waals surface area contributed by atoms with E-state index in [0.717, 1.165) is 13.0 Å². The van der Waals surface area contributed by atoms with Crippen LogP contribution in [-0.4, -0.2) is 32.8 Å². The number of carbonyl (C=O) groups is 1. The zero-order valence-corrected chi connectivity index (χ0v) is 15.8. The molecule has 1 fully saturated rings. The van der Waals surface area contributed by atoms with Crippen molar-refractivity contribution >= 4 is 25.7 Å². The van der Waals surface area contributed by atoms with Crippen LogP contribution in [0.1, 0.15) is 37.6 Å². The summed E-state index contributed by atoms with van der Waals surface area (Å²) < 4.78 is 6.40. The van der Waals surface area contributed by atoms with Gasteiger partial charge in [-0.05, 0) is 48.8 Å². The topological polar surface area (TPSA) is 38.3 Å². The molecule has 0 saturated carbocycles. The van der Waals surface area contributed by atoms with Crippen molar-refractivity contribution in [2.24, 2.45) is 0 Å². The van der Waals surface area contributed by atoms with Crippen LogP contribution >= 0.6 is 11.6 Å². The van der Waals surface area contributed by atoms with Crippen LogP contribution in [-0.2, 0) is 4.43 Å². The molecular weight excluding hydrogens is 314 g/mol. The van der Waals surface area contributed by atoms with Gasteiger partial charge in [-0.2, -0.15) is 0 Å². The highest BCUT2D eigenvalue weighted by Crippen LogP contribution is 2.38. The molecule has 1 N–H and O–H groups in total. The van der Waals surface area contributed by atoms with Crippen molar-refractivity contribution in [1.82, 2.24) is 5.32 Å². The van der Waals surface area contributed by atoms with Gasteiger partial charge in [0.05, 0.1) is 12.1 Å². The van der Waals surface area contributed by atoms with Crippen LogP contribution in [0, 0.1) is 0 Å². The molecule has 1 aliphatic rings. The molecule has 0 aromatic heterocycles. The first-order valence-corrected chi connectivity index (χ1v) is 11.1. The third-order valence-electron chi connectivity index (χ3n) is 4.80. The van der Waals surface area contributed by atoms with Gasteiger partial charge >= 0.3 is 0 Å². The molecule has 1 aromatic rings. The molecular formula is C17H26ClNO2Si. The summed E-state index contributed by atoms with van der Waals surface area (Å²) in [5, 5.41) is 4.14. The van der Waals surface area contributed by atoms with E-state index in [1.165, 1.54) is 0 Å². The molecule has 0 unspecified atom stereocenters. The Bertz CT molecular complexity index is 537. The minimum atomic E-state index is -1.79. The summed E-state index contributed by atoms with van der Waals surface area (Å²) in [6.45, 7) is 12.0. The average molecular weight is 340 g/mol. The Morgan fingerprint density at radius 1 is 1.27 bits per heavy atom. The van der Waals surface area contributed by atoms with Crippen LogP contribution in [0.3, 0.4) is 0 Å². The molecule has 122 valence electrons. The minimum Gasteiger partial charge on any atom is -0.413 e. The molecule has 0 amide bonds. The number of Topliss-reactive ketones (excluding diaryl/α,β-unsaturated/α-hetero) is 1. The maximum Gasteiger partial charge on any atom is 0.192 e. The highest BCUT2D eigenvalue weighted by molar-refractivity contribution is 6.74. The molecule has 0 aliphatic carbocycles. The molecule has 1 aliphatic heterocycles. The minimum absolute atomic E-state index is 0.123. The van der Waals surface area contributed by atoms with Crippen LogP contribution in [0.4, 0.5) is 0 Å². The molecule has 5 heteroatoms. The molecule has 22 heavy (non-hydrogen) atoms. The van der Waals surface area contributed by atoms with Gasteiger partial charge in [0.15, 0.2) is 14.1 Å². The predicted molar refractivity (Wildman–Crippen MR) is 94.3 cm³/mol.